The minimum absolute atomic E-state index is 0.0786. The summed E-state index contributed by atoms with van der Waals surface area (Å²) in [5.41, 5.74) is 7.40. The number of rotatable bonds is 5. The van der Waals surface area contributed by atoms with Crippen molar-refractivity contribution in [3.05, 3.63) is 59.5 Å². The van der Waals surface area contributed by atoms with Crippen molar-refractivity contribution < 1.29 is 9.21 Å². The third-order valence-electron chi connectivity index (χ3n) is 2.94. The van der Waals surface area contributed by atoms with Crippen molar-refractivity contribution in [3.63, 3.8) is 0 Å². The van der Waals surface area contributed by atoms with E-state index in [0.717, 1.165) is 17.7 Å². The minimum atomic E-state index is -0.150. The van der Waals surface area contributed by atoms with Crippen LogP contribution >= 0.6 is 0 Å². The van der Waals surface area contributed by atoms with E-state index in [1.807, 2.05) is 30.3 Å². The van der Waals surface area contributed by atoms with E-state index in [4.69, 9.17) is 10.2 Å². The number of carbonyl (C=O) groups is 1. The van der Waals surface area contributed by atoms with E-state index < -0.39 is 0 Å². The zero-order valence-electron chi connectivity index (χ0n) is 10.9. The molecular weight excluding hydrogens is 240 g/mol. The highest BCUT2D eigenvalue weighted by Gasteiger charge is 2.14. The van der Waals surface area contributed by atoms with Crippen LogP contribution in [0.4, 0.5) is 0 Å². The average molecular weight is 258 g/mol. The number of hydrogen-bond acceptors (Lipinski definition) is 3. The molecule has 0 radical (unpaired) electrons. The van der Waals surface area contributed by atoms with E-state index in [9.17, 15) is 4.79 Å². The zero-order chi connectivity index (χ0) is 13.7. The van der Waals surface area contributed by atoms with Gasteiger partial charge >= 0.3 is 0 Å². The van der Waals surface area contributed by atoms with Gasteiger partial charge in [-0.3, -0.25) is 4.79 Å². The maximum Gasteiger partial charge on any atom is 0.254 e. The molecule has 19 heavy (non-hydrogen) atoms. The molecule has 0 aliphatic carbocycles. The van der Waals surface area contributed by atoms with Crippen LogP contribution in [0.5, 0.6) is 0 Å². The van der Waals surface area contributed by atoms with Gasteiger partial charge in [0.15, 0.2) is 0 Å². The molecule has 1 aromatic heterocycles. The van der Waals surface area contributed by atoms with Crippen LogP contribution in [0.3, 0.4) is 0 Å². The monoisotopic (exact) mass is 258 g/mol. The van der Waals surface area contributed by atoms with Crippen molar-refractivity contribution >= 4 is 5.91 Å². The molecular formula is C15H18N2O2. The summed E-state index contributed by atoms with van der Waals surface area (Å²) in [5, 5.41) is 2.92. The number of aryl methyl sites for hydroxylation is 1. The summed E-state index contributed by atoms with van der Waals surface area (Å²) >= 11 is 0. The van der Waals surface area contributed by atoms with Gasteiger partial charge in [-0.25, -0.2) is 0 Å². The molecule has 0 saturated carbocycles. The van der Waals surface area contributed by atoms with Gasteiger partial charge in [0.1, 0.15) is 12.0 Å². The molecule has 0 fully saturated rings. The molecule has 0 bridgehead atoms. The van der Waals surface area contributed by atoms with Gasteiger partial charge in [0.2, 0.25) is 0 Å². The van der Waals surface area contributed by atoms with E-state index in [1.165, 1.54) is 6.26 Å². The number of benzene rings is 1. The Morgan fingerprint density at radius 2 is 2.11 bits per heavy atom. The summed E-state index contributed by atoms with van der Waals surface area (Å²) in [4.78, 5) is 12.0. The van der Waals surface area contributed by atoms with E-state index in [0.29, 0.717) is 12.1 Å². The zero-order valence-corrected chi connectivity index (χ0v) is 10.9. The van der Waals surface area contributed by atoms with Gasteiger partial charge < -0.3 is 15.5 Å². The van der Waals surface area contributed by atoms with Gasteiger partial charge in [-0.15, -0.1) is 0 Å². The predicted molar refractivity (Wildman–Crippen MR) is 73.9 cm³/mol. The second-order valence-electron chi connectivity index (χ2n) is 4.54. The Labute approximate surface area is 112 Å². The summed E-state index contributed by atoms with van der Waals surface area (Å²) in [5.74, 6) is 0.570. The Balaban J connectivity index is 1.97. The Hall–Kier alpha value is -2.07. The molecule has 0 aliphatic heterocycles. The van der Waals surface area contributed by atoms with Gasteiger partial charge in [-0.05, 0) is 25.0 Å². The Kier molecular flexibility index (Phi) is 4.36. The highest BCUT2D eigenvalue weighted by molar-refractivity contribution is 5.94. The Morgan fingerprint density at radius 3 is 2.68 bits per heavy atom. The number of amides is 1. The lowest BCUT2D eigenvalue weighted by atomic mass is 10.1. The molecule has 1 unspecified atom stereocenters. The number of nitrogens with two attached hydrogens (primary N) is 1. The van der Waals surface area contributed by atoms with E-state index >= 15 is 0 Å². The number of hydrogen-bond donors (Lipinski definition) is 2. The first-order chi connectivity index (χ1) is 9.19. The van der Waals surface area contributed by atoms with Crippen molar-refractivity contribution in [1.29, 1.82) is 0 Å². The smallest absolute Gasteiger partial charge is 0.254 e. The maximum absolute atomic E-state index is 12.0. The van der Waals surface area contributed by atoms with Gasteiger partial charge in [-0.1, -0.05) is 30.3 Å². The van der Waals surface area contributed by atoms with Crippen LogP contribution in [0.1, 0.15) is 21.7 Å². The molecule has 2 rings (SSSR count). The van der Waals surface area contributed by atoms with Crippen molar-refractivity contribution in [1.82, 2.24) is 5.32 Å². The topological polar surface area (TPSA) is 68.3 Å². The van der Waals surface area contributed by atoms with Gasteiger partial charge in [0, 0.05) is 12.6 Å². The minimum Gasteiger partial charge on any atom is -0.469 e. The fraction of sp³-hybridized carbons (Fsp3) is 0.267. The summed E-state index contributed by atoms with van der Waals surface area (Å²) < 4.78 is 5.13. The third kappa shape index (κ3) is 3.69. The molecule has 1 amide bonds. The molecule has 4 nitrogen and oxygen atoms in total. The molecule has 1 atom stereocenters. The SMILES string of the molecule is Cc1cc(C(=O)NC(CN)Cc2ccccc2)co1. The highest BCUT2D eigenvalue weighted by Crippen LogP contribution is 2.07. The second-order valence-corrected chi connectivity index (χ2v) is 4.54. The van der Waals surface area contributed by atoms with E-state index in [1.54, 1.807) is 13.0 Å². The van der Waals surface area contributed by atoms with Gasteiger partial charge in [0.05, 0.1) is 5.56 Å². The molecule has 0 spiro atoms. The summed E-state index contributed by atoms with van der Waals surface area (Å²) in [6.07, 6.45) is 2.18. The van der Waals surface area contributed by atoms with Crippen molar-refractivity contribution in [2.24, 2.45) is 5.73 Å². The average Bonchev–Trinajstić information content (AvgIpc) is 2.86. The fourth-order valence-electron chi connectivity index (χ4n) is 1.92. The first-order valence-corrected chi connectivity index (χ1v) is 6.29. The lowest BCUT2D eigenvalue weighted by Crippen LogP contribution is -2.41. The van der Waals surface area contributed by atoms with Crippen LogP contribution < -0.4 is 11.1 Å². The van der Waals surface area contributed by atoms with Crippen LogP contribution in [0.15, 0.2) is 47.1 Å². The normalized spacial score (nSPS) is 12.1. The maximum atomic E-state index is 12.0. The fourth-order valence-corrected chi connectivity index (χ4v) is 1.92. The summed E-state index contributed by atoms with van der Waals surface area (Å²) in [6, 6.07) is 11.6. The quantitative estimate of drug-likeness (QED) is 0.860. The molecule has 4 heteroatoms. The summed E-state index contributed by atoms with van der Waals surface area (Å²) in [7, 11) is 0. The van der Waals surface area contributed by atoms with Crippen LogP contribution in [-0.2, 0) is 6.42 Å². The first kappa shape index (κ1) is 13.4. The standard InChI is InChI=1S/C15H18N2O2/c1-11-7-13(10-19-11)15(18)17-14(9-16)8-12-5-3-2-4-6-12/h2-7,10,14H,8-9,16H2,1H3,(H,17,18). The largest absolute Gasteiger partial charge is 0.469 e. The number of nitrogens with one attached hydrogen (secondary N) is 1. The summed E-state index contributed by atoms with van der Waals surface area (Å²) in [6.45, 7) is 2.21. The second kappa shape index (κ2) is 6.20. The van der Waals surface area contributed by atoms with Crippen molar-refractivity contribution in [2.75, 3.05) is 6.54 Å². The van der Waals surface area contributed by atoms with Crippen LogP contribution in [0, 0.1) is 6.92 Å². The van der Waals surface area contributed by atoms with E-state index in [2.05, 4.69) is 5.32 Å². The lowest BCUT2D eigenvalue weighted by Gasteiger charge is -2.16. The Morgan fingerprint density at radius 1 is 1.37 bits per heavy atom. The third-order valence-corrected chi connectivity index (χ3v) is 2.94. The molecule has 1 aromatic carbocycles. The van der Waals surface area contributed by atoms with Crippen LogP contribution in [0.25, 0.3) is 0 Å². The molecule has 1 heterocycles. The van der Waals surface area contributed by atoms with Gasteiger partial charge in [-0.2, -0.15) is 0 Å². The Bertz CT molecular complexity index is 534. The molecule has 2 aromatic rings. The number of carbonyl (C=O) groups excluding carboxylic acids is 1. The van der Waals surface area contributed by atoms with Gasteiger partial charge in [0.25, 0.3) is 5.91 Å². The molecule has 100 valence electrons. The molecule has 0 aliphatic rings. The van der Waals surface area contributed by atoms with Crippen LogP contribution in [-0.4, -0.2) is 18.5 Å². The first-order valence-electron chi connectivity index (χ1n) is 6.29. The lowest BCUT2D eigenvalue weighted by molar-refractivity contribution is 0.0937. The van der Waals surface area contributed by atoms with Crippen LogP contribution in [0.2, 0.25) is 0 Å². The van der Waals surface area contributed by atoms with Crippen molar-refractivity contribution in [3.8, 4) is 0 Å². The number of furan rings is 1. The van der Waals surface area contributed by atoms with Crippen molar-refractivity contribution in [2.45, 2.75) is 19.4 Å². The van der Waals surface area contributed by atoms with E-state index in [-0.39, 0.29) is 11.9 Å². The molecule has 3 N–H and O–H groups in total. The highest BCUT2D eigenvalue weighted by atomic mass is 16.3. The molecule has 0 saturated heterocycles. The predicted octanol–water partition coefficient (Wildman–Crippen LogP) is 1.89.